The smallest absolute Gasteiger partial charge is 0.329 e. The van der Waals surface area contributed by atoms with Crippen LogP contribution in [0, 0.1) is 11.8 Å². The molecule has 0 aliphatic carbocycles. The van der Waals surface area contributed by atoms with E-state index in [2.05, 4.69) is 5.32 Å². The normalized spacial score (nSPS) is 14.6. The molecule has 7 heteroatoms. The Morgan fingerprint density at radius 3 is 1.98 bits per heavy atom. The lowest BCUT2D eigenvalue weighted by Crippen LogP contribution is -2.47. The molecule has 3 aromatic rings. The number of benzene rings is 3. The molecule has 3 rings (SSSR count). The molecular weight excluding hydrogens is 533 g/mol. The van der Waals surface area contributed by atoms with Gasteiger partial charge in [0.15, 0.2) is 0 Å². The molecule has 0 radical (unpaired) electrons. The Labute approximate surface area is 245 Å². The molecule has 0 aromatic heterocycles. The molecule has 0 spiro atoms. The maximum Gasteiger partial charge on any atom is 0.329 e. The monoisotopic (exact) mass is 577 g/mol. The number of ether oxygens (including phenoxy) is 1. The van der Waals surface area contributed by atoms with Gasteiger partial charge in [-0.3, -0.25) is 9.36 Å². The number of hydrogen-bond acceptors (Lipinski definition) is 4. The Balaban J connectivity index is 1.81. The second-order valence-electron chi connectivity index (χ2n) is 12.2. The lowest BCUT2D eigenvalue weighted by atomic mass is 9.96. The van der Waals surface area contributed by atoms with Crippen molar-refractivity contribution >= 4 is 19.2 Å². The Kier molecular flexibility index (Phi) is 11.5. The van der Waals surface area contributed by atoms with Gasteiger partial charge in [-0.1, -0.05) is 98.8 Å². The summed E-state index contributed by atoms with van der Waals surface area (Å²) >= 11 is 0. The fourth-order valence-electron chi connectivity index (χ4n) is 4.72. The van der Waals surface area contributed by atoms with Crippen molar-refractivity contribution in [2.45, 2.75) is 65.5 Å². The third kappa shape index (κ3) is 11.3. The summed E-state index contributed by atoms with van der Waals surface area (Å²) in [6.07, 6.45) is 1.04. The lowest BCUT2D eigenvalue weighted by molar-refractivity contribution is -0.159. The molecule has 0 aliphatic heterocycles. The van der Waals surface area contributed by atoms with E-state index in [0.29, 0.717) is 12.8 Å². The highest BCUT2D eigenvalue weighted by molar-refractivity contribution is 7.58. The molecule has 41 heavy (non-hydrogen) atoms. The molecule has 0 saturated heterocycles. The van der Waals surface area contributed by atoms with Gasteiger partial charge in [0.05, 0.1) is 5.92 Å². The molecule has 0 saturated carbocycles. The van der Waals surface area contributed by atoms with Gasteiger partial charge in [-0.15, -0.1) is 0 Å². The Hall–Kier alpha value is -3.21. The summed E-state index contributed by atoms with van der Waals surface area (Å²) in [5, 5.41) is 2.88. The van der Waals surface area contributed by atoms with E-state index in [0.717, 1.165) is 22.3 Å². The first-order valence-electron chi connectivity index (χ1n) is 14.3. The standard InChI is InChI=1S/C34H44NO5P/c1-25(2)22-31(33(37)40-34(3,4)5)35-32(36)30(24-41(38,39)21-20-26-12-8-6-9-13-26)23-27-16-18-29(19-17-27)28-14-10-7-11-15-28/h6-19,25,30-31H,20-24H2,1-5H3,(H,35,36)(H,38,39)/t30-,31+/m1/s1. The molecule has 1 unspecified atom stereocenters. The third-order valence-corrected chi connectivity index (χ3v) is 8.66. The minimum atomic E-state index is -3.67. The molecule has 0 bridgehead atoms. The predicted octanol–water partition coefficient (Wildman–Crippen LogP) is 6.90. The number of hydrogen-bond donors (Lipinski definition) is 2. The Morgan fingerprint density at radius 1 is 0.854 bits per heavy atom. The SMILES string of the molecule is CC(C)C[C@H](NC(=O)[C@H](Cc1ccc(-c2ccccc2)cc1)CP(=O)(O)CCc1ccccc1)C(=O)OC(C)(C)C. The fraction of sp³-hybridized carbons (Fsp3) is 0.412. The van der Waals surface area contributed by atoms with Gasteiger partial charge in [0.1, 0.15) is 11.6 Å². The summed E-state index contributed by atoms with van der Waals surface area (Å²) in [7, 11) is -3.67. The number of carbonyl (C=O) groups excluding carboxylic acids is 2. The van der Waals surface area contributed by atoms with Gasteiger partial charge in [-0.2, -0.15) is 0 Å². The average molecular weight is 578 g/mol. The highest BCUT2D eigenvalue weighted by atomic mass is 31.2. The molecular formula is C34H44NO5P. The first kappa shape index (κ1) is 32.3. The van der Waals surface area contributed by atoms with Crippen LogP contribution in [-0.2, 0) is 31.7 Å². The summed E-state index contributed by atoms with van der Waals surface area (Å²) in [5.74, 6) is -1.57. The average Bonchev–Trinajstić information content (AvgIpc) is 2.91. The van der Waals surface area contributed by atoms with Crippen molar-refractivity contribution < 1.29 is 23.8 Å². The van der Waals surface area contributed by atoms with Crippen molar-refractivity contribution in [2.24, 2.45) is 11.8 Å². The molecule has 0 fully saturated rings. The predicted molar refractivity (Wildman–Crippen MR) is 166 cm³/mol. The van der Waals surface area contributed by atoms with Crippen LogP contribution < -0.4 is 5.32 Å². The van der Waals surface area contributed by atoms with Crippen LogP contribution in [0.15, 0.2) is 84.9 Å². The van der Waals surface area contributed by atoms with Crippen molar-refractivity contribution in [1.82, 2.24) is 5.32 Å². The van der Waals surface area contributed by atoms with E-state index in [1.807, 2.05) is 98.8 Å². The molecule has 1 amide bonds. The quantitative estimate of drug-likeness (QED) is 0.170. The van der Waals surface area contributed by atoms with Gasteiger partial charge < -0.3 is 14.9 Å². The van der Waals surface area contributed by atoms with Crippen molar-refractivity contribution in [1.29, 1.82) is 0 Å². The van der Waals surface area contributed by atoms with Crippen molar-refractivity contribution in [2.75, 3.05) is 12.3 Å². The number of esters is 1. The number of carbonyl (C=O) groups is 2. The Bertz CT molecular complexity index is 1300. The summed E-state index contributed by atoms with van der Waals surface area (Å²) < 4.78 is 19.0. The number of amides is 1. The van der Waals surface area contributed by atoms with Crippen LogP contribution in [-0.4, -0.2) is 40.7 Å². The summed E-state index contributed by atoms with van der Waals surface area (Å²) in [4.78, 5) is 37.7. The van der Waals surface area contributed by atoms with Crippen LogP contribution in [0.4, 0.5) is 0 Å². The number of rotatable bonds is 13. The summed E-state index contributed by atoms with van der Waals surface area (Å²) in [5.41, 5.74) is 3.29. The zero-order valence-corrected chi connectivity index (χ0v) is 25.8. The van der Waals surface area contributed by atoms with Gasteiger partial charge in [0, 0.05) is 12.3 Å². The highest BCUT2D eigenvalue weighted by Gasteiger charge is 2.33. The van der Waals surface area contributed by atoms with Crippen LogP contribution in [0.25, 0.3) is 11.1 Å². The van der Waals surface area contributed by atoms with E-state index < -0.39 is 36.8 Å². The zero-order chi connectivity index (χ0) is 30.0. The zero-order valence-electron chi connectivity index (χ0n) is 24.9. The molecule has 0 heterocycles. The number of nitrogens with one attached hydrogen (secondary N) is 1. The van der Waals surface area contributed by atoms with E-state index in [9.17, 15) is 19.0 Å². The topological polar surface area (TPSA) is 92.7 Å². The van der Waals surface area contributed by atoms with Gasteiger partial charge in [0.2, 0.25) is 13.3 Å². The van der Waals surface area contributed by atoms with Gasteiger partial charge in [0.25, 0.3) is 0 Å². The molecule has 0 aliphatic rings. The first-order valence-corrected chi connectivity index (χ1v) is 16.4. The van der Waals surface area contributed by atoms with Gasteiger partial charge in [-0.25, -0.2) is 4.79 Å². The second-order valence-corrected chi connectivity index (χ2v) is 14.7. The fourth-order valence-corrected chi connectivity index (χ4v) is 6.49. The minimum absolute atomic E-state index is 0.0786. The van der Waals surface area contributed by atoms with E-state index in [4.69, 9.17) is 4.74 Å². The maximum absolute atomic E-state index is 13.7. The molecule has 3 aromatic carbocycles. The molecule has 2 N–H and O–H groups in total. The van der Waals surface area contributed by atoms with Gasteiger partial charge >= 0.3 is 5.97 Å². The van der Waals surface area contributed by atoms with Gasteiger partial charge in [-0.05, 0) is 68.2 Å². The van der Waals surface area contributed by atoms with Crippen LogP contribution >= 0.6 is 7.37 Å². The first-order chi connectivity index (χ1) is 19.3. The largest absolute Gasteiger partial charge is 0.458 e. The Morgan fingerprint density at radius 2 is 1.41 bits per heavy atom. The van der Waals surface area contributed by atoms with E-state index in [-0.39, 0.29) is 24.7 Å². The molecule has 6 nitrogen and oxygen atoms in total. The van der Waals surface area contributed by atoms with Crippen LogP contribution in [0.3, 0.4) is 0 Å². The van der Waals surface area contributed by atoms with Crippen LogP contribution in [0.2, 0.25) is 0 Å². The number of aryl methyl sites for hydroxylation is 1. The van der Waals surface area contributed by atoms with Crippen molar-refractivity contribution in [3.63, 3.8) is 0 Å². The van der Waals surface area contributed by atoms with Crippen LogP contribution in [0.1, 0.15) is 52.2 Å². The molecule has 220 valence electrons. The summed E-state index contributed by atoms with van der Waals surface area (Å²) in [6, 6.07) is 26.6. The lowest BCUT2D eigenvalue weighted by Gasteiger charge is -2.27. The third-order valence-electron chi connectivity index (χ3n) is 6.73. The second kappa shape index (κ2) is 14.6. The van der Waals surface area contributed by atoms with Crippen molar-refractivity contribution in [3.8, 4) is 11.1 Å². The van der Waals surface area contributed by atoms with E-state index >= 15 is 0 Å². The minimum Gasteiger partial charge on any atom is -0.458 e. The summed E-state index contributed by atoms with van der Waals surface area (Å²) in [6.45, 7) is 9.31. The van der Waals surface area contributed by atoms with Crippen molar-refractivity contribution in [3.05, 3.63) is 96.1 Å². The maximum atomic E-state index is 13.7. The van der Waals surface area contributed by atoms with E-state index in [1.165, 1.54) is 0 Å². The van der Waals surface area contributed by atoms with Crippen LogP contribution in [0.5, 0.6) is 0 Å². The highest BCUT2D eigenvalue weighted by Crippen LogP contribution is 2.44. The van der Waals surface area contributed by atoms with E-state index in [1.54, 1.807) is 20.8 Å². The molecule has 3 atom stereocenters.